The molecule has 0 amide bonds. The van der Waals surface area contributed by atoms with E-state index in [2.05, 4.69) is 5.32 Å². The predicted octanol–water partition coefficient (Wildman–Crippen LogP) is 1.90. The summed E-state index contributed by atoms with van der Waals surface area (Å²) in [6.45, 7) is 3.33. The summed E-state index contributed by atoms with van der Waals surface area (Å²) in [5.74, 6) is 2.61. The molecular formula is C14H27ClN2O2S. The van der Waals surface area contributed by atoms with Gasteiger partial charge in [-0.25, -0.2) is 12.7 Å². The molecule has 1 N–H and O–H groups in total. The maximum atomic E-state index is 11.6. The first-order valence-electron chi connectivity index (χ1n) is 7.72. The van der Waals surface area contributed by atoms with Gasteiger partial charge in [0.25, 0.3) is 0 Å². The number of sulfonamides is 1. The fourth-order valence-corrected chi connectivity index (χ4v) is 4.90. The summed E-state index contributed by atoms with van der Waals surface area (Å²) < 4.78 is 24.8. The monoisotopic (exact) mass is 322 g/mol. The smallest absolute Gasteiger partial charge is 0.211 e. The molecule has 0 aromatic carbocycles. The van der Waals surface area contributed by atoms with Crippen LogP contribution in [0, 0.1) is 17.8 Å². The Morgan fingerprint density at radius 3 is 2.60 bits per heavy atom. The summed E-state index contributed by atoms with van der Waals surface area (Å²) in [4.78, 5) is 0. The highest BCUT2D eigenvalue weighted by Crippen LogP contribution is 2.32. The predicted molar refractivity (Wildman–Crippen MR) is 83.6 cm³/mol. The van der Waals surface area contributed by atoms with E-state index in [9.17, 15) is 8.42 Å². The molecule has 1 saturated heterocycles. The van der Waals surface area contributed by atoms with Crippen molar-refractivity contribution in [3.05, 3.63) is 0 Å². The molecule has 4 nitrogen and oxygen atoms in total. The zero-order valence-electron chi connectivity index (χ0n) is 12.4. The van der Waals surface area contributed by atoms with Gasteiger partial charge in [0.2, 0.25) is 10.0 Å². The van der Waals surface area contributed by atoms with Crippen LogP contribution >= 0.6 is 11.6 Å². The number of alkyl halides is 1. The van der Waals surface area contributed by atoms with Crippen LogP contribution in [0.5, 0.6) is 0 Å². The SMILES string of the molecule is CS(=O)(=O)N1CCCC(CNCC2CCCC2CCl)C1. The fourth-order valence-electron chi connectivity index (χ4n) is 3.55. The van der Waals surface area contributed by atoms with Crippen LogP contribution in [0.3, 0.4) is 0 Å². The number of nitrogens with one attached hydrogen (secondary N) is 1. The Morgan fingerprint density at radius 1 is 1.15 bits per heavy atom. The molecule has 1 aliphatic carbocycles. The van der Waals surface area contributed by atoms with E-state index < -0.39 is 10.0 Å². The molecule has 20 heavy (non-hydrogen) atoms. The third kappa shape index (κ3) is 4.58. The highest BCUT2D eigenvalue weighted by atomic mass is 35.5. The summed E-state index contributed by atoms with van der Waals surface area (Å²) in [5, 5.41) is 3.55. The molecule has 0 spiro atoms. The zero-order chi connectivity index (χ0) is 14.6. The van der Waals surface area contributed by atoms with Gasteiger partial charge < -0.3 is 5.32 Å². The fraction of sp³-hybridized carbons (Fsp3) is 1.00. The number of hydrogen-bond acceptors (Lipinski definition) is 3. The highest BCUT2D eigenvalue weighted by Gasteiger charge is 2.28. The molecule has 1 aliphatic heterocycles. The van der Waals surface area contributed by atoms with Crippen molar-refractivity contribution in [1.82, 2.24) is 9.62 Å². The van der Waals surface area contributed by atoms with E-state index in [0.29, 0.717) is 30.8 Å². The lowest BCUT2D eigenvalue weighted by Gasteiger charge is -2.31. The highest BCUT2D eigenvalue weighted by molar-refractivity contribution is 7.88. The third-order valence-corrected chi connectivity index (χ3v) is 6.47. The lowest BCUT2D eigenvalue weighted by Crippen LogP contribution is -2.43. The van der Waals surface area contributed by atoms with Gasteiger partial charge in [0, 0.05) is 19.0 Å². The van der Waals surface area contributed by atoms with Crippen molar-refractivity contribution in [3.8, 4) is 0 Å². The van der Waals surface area contributed by atoms with Gasteiger partial charge in [-0.3, -0.25) is 0 Å². The van der Waals surface area contributed by atoms with Crippen LogP contribution in [0.2, 0.25) is 0 Å². The van der Waals surface area contributed by atoms with Crippen LogP contribution in [-0.2, 0) is 10.0 Å². The topological polar surface area (TPSA) is 49.4 Å². The van der Waals surface area contributed by atoms with Gasteiger partial charge in [-0.15, -0.1) is 11.6 Å². The molecule has 1 saturated carbocycles. The number of rotatable bonds is 6. The Labute approximate surface area is 128 Å². The van der Waals surface area contributed by atoms with Gasteiger partial charge in [-0.1, -0.05) is 6.42 Å². The van der Waals surface area contributed by atoms with Crippen molar-refractivity contribution in [1.29, 1.82) is 0 Å². The minimum Gasteiger partial charge on any atom is -0.316 e. The van der Waals surface area contributed by atoms with Crippen LogP contribution in [0.1, 0.15) is 32.1 Å². The third-order valence-electron chi connectivity index (χ3n) is 4.80. The summed E-state index contributed by atoms with van der Waals surface area (Å²) in [5.41, 5.74) is 0. The maximum Gasteiger partial charge on any atom is 0.211 e. The van der Waals surface area contributed by atoms with E-state index in [1.165, 1.54) is 25.5 Å². The normalized spacial score (nSPS) is 32.6. The van der Waals surface area contributed by atoms with Crippen LogP contribution in [0.4, 0.5) is 0 Å². The molecule has 3 unspecified atom stereocenters. The molecule has 0 radical (unpaired) electrons. The van der Waals surface area contributed by atoms with Gasteiger partial charge in [0.1, 0.15) is 0 Å². The molecule has 3 atom stereocenters. The Morgan fingerprint density at radius 2 is 1.90 bits per heavy atom. The molecule has 118 valence electrons. The largest absolute Gasteiger partial charge is 0.316 e. The van der Waals surface area contributed by atoms with Gasteiger partial charge in [0.15, 0.2) is 0 Å². The van der Waals surface area contributed by atoms with Crippen molar-refractivity contribution in [2.24, 2.45) is 17.8 Å². The Balaban J connectivity index is 1.71. The molecule has 6 heteroatoms. The molecular weight excluding hydrogens is 296 g/mol. The number of hydrogen-bond donors (Lipinski definition) is 1. The lowest BCUT2D eigenvalue weighted by molar-refractivity contribution is 0.255. The van der Waals surface area contributed by atoms with Crippen molar-refractivity contribution >= 4 is 21.6 Å². The molecule has 0 bridgehead atoms. The molecule has 0 aromatic rings. The Kier molecular flexibility index (Phi) is 6.14. The quantitative estimate of drug-likeness (QED) is 0.760. The average molecular weight is 323 g/mol. The van der Waals surface area contributed by atoms with Gasteiger partial charge in [0.05, 0.1) is 6.26 Å². The second-order valence-electron chi connectivity index (χ2n) is 6.39. The van der Waals surface area contributed by atoms with Crippen molar-refractivity contribution in [2.75, 3.05) is 38.3 Å². The van der Waals surface area contributed by atoms with Crippen LogP contribution in [0.15, 0.2) is 0 Å². The zero-order valence-corrected chi connectivity index (χ0v) is 13.9. The van der Waals surface area contributed by atoms with Crippen molar-refractivity contribution in [2.45, 2.75) is 32.1 Å². The molecule has 2 aliphatic rings. The first kappa shape index (κ1) is 16.5. The first-order valence-corrected chi connectivity index (χ1v) is 10.1. The van der Waals surface area contributed by atoms with Crippen LogP contribution in [-0.4, -0.2) is 51.0 Å². The van der Waals surface area contributed by atoms with Gasteiger partial charge in [-0.05, 0) is 56.5 Å². The van der Waals surface area contributed by atoms with E-state index in [1.54, 1.807) is 4.31 Å². The minimum absolute atomic E-state index is 0.453. The summed E-state index contributed by atoms with van der Waals surface area (Å²) in [6.07, 6.45) is 7.27. The molecule has 1 heterocycles. The van der Waals surface area contributed by atoms with Crippen molar-refractivity contribution in [3.63, 3.8) is 0 Å². The van der Waals surface area contributed by atoms with Crippen LogP contribution in [0.25, 0.3) is 0 Å². The summed E-state index contributed by atoms with van der Waals surface area (Å²) in [6, 6.07) is 0. The Bertz CT molecular complexity index is 402. The second-order valence-corrected chi connectivity index (χ2v) is 8.68. The molecule has 2 fully saturated rings. The lowest BCUT2D eigenvalue weighted by atomic mass is 9.96. The van der Waals surface area contributed by atoms with Crippen LogP contribution < -0.4 is 5.32 Å². The Hall–Kier alpha value is 0.160. The summed E-state index contributed by atoms with van der Waals surface area (Å²) in [7, 11) is -3.02. The van der Waals surface area contributed by atoms with E-state index in [1.807, 2.05) is 0 Å². The van der Waals surface area contributed by atoms with Gasteiger partial charge in [-0.2, -0.15) is 0 Å². The van der Waals surface area contributed by atoms with E-state index in [0.717, 1.165) is 31.8 Å². The molecule has 2 rings (SSSR count). The number of halogens is 1. The first-order chi connectivity index (χ1) is 9.50. The molecule has 0 aromatic heterocycles. The number of nitrogens with zero attached hydrogens (tertiary/aromatic N) is 1. The van der Waals surface area contributed by atoms with E-state index in [4.69, 9.17) is 11.6 Å². The average Bonchev–Trinajstić information content (AvgIpc) is 2.86. The maximum absolute atomic E-state index is 11.6. The second kappa shape index (κ2) is 7.43. The van der Waals surface area contributed by atoms with E-state index >= 15 is 0 Å². The van der Waals surface area contributed by atoms with Gasteiger partial charge >= 0.3 is 0 Å². The van der Waals surface area contributed by atoms with E-state index in [-0.39, 0.29) is 0 Å². The van der Waals surface area contributed by atoms with Crippen molar-refractivity contribution < 1.29 is 8.42 Å². The minimum atomic E-state index is -3.02. The number of piperidine rings is 1. The summed E-state index contributed by atoms with van der Waals surface area (Å²) >= 11 is 6.00. The standard InChI is InChI=1S/C14H27ClN2O2S/c1-20(18,19)17-7-3-4-12(11-17)9-16-10-14-6-2-5-13(14)8-15/h12-14,16H,2-11H2,1H3.